The number of sulfonamides is 1. The fourth-order valence-electron chi connectivity index (χ4n) is 4.07. The van der Waals surface area contributed by atoms with Crippen molar-refractivity contribution >= 4 is 21.9 Å². The number of urea groups is 1. The predicted molar refractivity (Wildman–Crippen MR) is 125 cm³/mol. The number of hydrogen-bond acceptors (Lipinski definition) is 8. The average molecular weight is 481 g/mol. The summed E-state index contributed by atoms with van der Waals surface area (Å²) >= 11 is 0. The highest BCUT2D eigenvalue weighted by Gasteiger charge is 2.30. The first kappa shape index (κ1) is 22.2. The molecule has 1 saturated heterocycles. The molecule has 10 nitrogen and oxygen atoms in total. The summed E-state index contributed by atoms with van der Waals surface area (Å²) in [7, 11) is -3.96. The van der Waals surface area contributed by atoms with E-state index in [1.165, 1.54) is 17.0 Å². The number of ether oxygens (including phenoxy) is 1. The largest absolute Gasteiger partial charge is 0.378 e. The third-order valence-corrected chi connectivity index (χ3v) is 7.19. The van der Waals surface area contributed by atoms with E-state index in [1.54, 1.807) is 30.6 Å². The lowest BCUT2D eigenvalue weighted by atomic mass is 10.0. The van der Waals surface area contributed by atoms with E-state index in [2.05, 4.69) is 14.6 Å². The molecule has 1 aromatic carbocycles. The van der Waals surface area contributed by atoms with Gasteiger partial charge < -0.3 is 14.5 Å². The number of morpholine rings is 1. The van der Waals surface area contributed by atoms with Gasteiger partial charge in [0, 0.05) is 49.6 Å². The van der Waals surface area contributed by atoms with Crippen LogP contribution in [0.5, 0.6) is 0 Å². The van der Waals surface area contributed by atoms with Crippen molar-refractivity contribution in [2.45, 2.75) is 17.9 Å². The highest BCUT2D eigenvalue weighted by molar-refractivity contribution is 7.90. The molecule has 0 aliphatic carbocycles. The van der Waals surface area contributed by atoms with Gasteiger partial charge >= 0.3 is 6.03 Å². The van der Waals surface area contributed by atoms with Crippen LogP contribution in [0, 0.1) is 0 Å². The van der Waals surface area contributed by atoms with Crippen molar-refractivity contribution in [3.63, 3.8) is 0 Å². The van der Waals surface area contributed by atoms with Crippen molar-refractivity contribution in [1.82, 2.24) is 24.6 Å². The third-order valence-electron chi connectivity index (χ3n) is 5.85. The number of aromatic nitrogens is 3. The summed E-state index contributed by atoms with van der Waals surface area (Å²) in [4.78, 5) is 30.3. The van der Waals surface area contributed by atoms with Crippen LogP contribution in [0.25, 0.3) is 11.4 Å². The fourth-order valence-corrected chi connectivity index (χ4v) is 5.07. The zero-order chi connectivity index (χ0) is 23.5. The smallest absolute Gasteiger partial charge is 0.331 e. The van der Waals surface area contributed by atoms with Gasteiger partial charge in [0.25, 0.3) is 10.0 Å². The number of amides is 2. The zero-order valence-electron chi connectivity index (χ0n) is 18.4. The van der Waals surface area contributed by atoms with Crippen molar-refractivity contribution in [2.24, 2.45) is 0 Å². The molecule has 34 heavy (non-hydrogen) atoms. The van der Waals surface area contributed by atoms with Crippen molar-refractivity contribution in [3.05, 3.63) is 66.1 Å². The molecule has 0 bridgehead atoms. The highest BCUT2D eigenvalue weighted by Crippen LogP contribution is 2.30. The van der Waals surface area contributed by atoms with Gasteiger partial charge in [-0.05, 0) is 24.3 Å². The van der Waals surface area contributed by atoms with E-state index in [0.29, 0.717) is 45.1 Å². The van der Waals surface area contributed by atoms with Crippen LogP contribution in [0.1, 0.15) is 11.3 Å². The normalized spacial score (nSPS) is 16.1. The molecule has 2 amide bonds. The molecule has 0 atom stereocenters. The van der Waals surface area contributed by atoms with Gasteiger partial charge in [-0.1, -0.05) is 18.2 Å². The van der Waals surface area contributed by atoms with Crippen LogP contribution < -0.4 is 9.62 Å². The van der Waals surface area contributed by atoms with Crippen LogP contribution in [0.2, 0.25) is 0 Å². The predicted octanol–water partition coefficient (Wildman–Crippen LogP) is 1.83. The van der Waals surface area contributed by atoms with Gasteiger partial charge in [-0.3, -0.25) is 4.98 Å². The molecule has 4 heterocycles. The number of fused-ring (bicyclic) bond motifs is 1. The summed E-state index contributed by atoms with van der Waals surface area (Å²) in [5.74, 6) is 1.36. The molecule has 2 aliphatic heterocycles. The Morgan fingerprint density at radius 2 is 1.71 bits per heavy atom. The molecule has 2 aliphatic rings. The van der Waals surface area contributed by atoms with Gasteiger partial charge in [-0.25, -0.2) is 27.9 Å². The lowest BCUT2D eigenvalue weighted by Crippen LogP contribution is -2.46. The molecule has 3 aromatic rings. The van der Waals surface area contributed by atoms with Crippen LogP contribution >= 0.6 is 0 Å². The number of rotatable bonds is 4. The minimum atomic E-state index is -3.96. The van der Waals surface area contributed by atoms with E-state index in [1.807, 2.05) is 12.1 Å². The third kappa shape index (κ3) is 4.57. The van der Waals surface area contributed by atoms with E-state index >= 15 is 0 Å². The van der Waals surface area contributed by atoms with Crippen molar-refractivity contribution in [3.8, 4) is 11.4 Å². The number of carbonyl (C=O) groups is 1. The maximum Gasteiger partial charge on any atom is 0.331 e. The minimum Gasteiger partial charge on any atom is -0.378 e. The topological polar surface area (TPSA) is 118 Å². The van der Waals surface area contributed by atoms with Gasteiger partial charge in [0.1, 0.15) is 5.82 Å². The Hall–Kier alpha value is -3.57. The van der Waals surface area contributed by atoms with Crippen LogP contribution in [-0.4, -0.2) is 67.1 Å². The molecule has 2 aromatic heterocycles. The molecule has 0 unspecified atom stereocenters. The highest BCUT2D eigenvalue weighted by atomic mass is 32.2. The molecular weight excluding hydrogens is 456 g/mol. The summed E-state index contributed by atoms with van der Waals surface area (Å²) in [6.07, 6.45) is 3.89. The lowest BCUT2D eigenvalue weighted by Gasteiger charge is -2.34. The summed E-state index contributed by atoms with van der Waals surface area (Å²) in [6, 6.07) is 10.9. The molecule has 0 radical (unpaired) electrons. The number of nitrogens with one attached hydrogen (secondary N) is 1. The minimum absolute atomic E-state index is 0.0418. The van der Waals surface area contributed by atoms with E-state index in [0.717, 1.165) is 22.6 Å². The van der Waals surface area contributed by atoms with E-state index in [9.17, 15) is 13.2 Å². The Kier molecular flexibility index (Phi) is 6.12. The molecule has 11 heteroatoms. The Bertz CT molecular complexity index is 1280. The van der Waals surface area contributed by atoms with Crippen LogP contribution in [-0.2, 0) is 27.7 Å². The molecule has 0 saturated carbocycles. The summed E-state index contributed by atoms with van der Waals surface area (Å²) in [5.41, 5.74) is 2.55. The summed E-state index contributed by atoms with van der Waals surface area (Å²) in [6.45, 7) is 3.08. The number of pyridine rings is 1. The maximum atomic E-state index is 12.9. The van der Waals surface area contributed by atoms with Crippen molar-refractivity contribution < 1.29 is 17.9 Å². The summed E-state index contributed by atoms with van der Waals surface area (Å²) < 4.78 is 33.0. The Labute approximate surface area is 197 Å². The lowest BCUT2D eigenvalue weighted by molar-refractivity contribution is 0.122. The molecule has 176 valence electrons. The second-order valence-corrected chi connectivity index (χ2v) is 9.71. The van der Waals surface area contributed by atoms with Gasteiger partial charge in [-0.15, -0.1) is 0 Å². The molecule has 1 N–H and O–H groups in total. The first-order valence-electron chi connectivity index (χ1n) is 11.0. The van der Waals surface area contributed by atoms with Crippen molar-refractivity contribution in [2.75, 3.05) is 37.7 Å². The summed E-state index contributed by atoms with van der Waals surface area (Å²) in [5, 5.41) is 0. The van der Waals surface area contributed by atoms with Gasteiger partial charge in [0.15, 0.2) is 5.82 Å². The average Bonchev–Trinajstić information content (AvgIpc) is 2.89. The Morgan fingerprint density at radius 1 is 0.971 bits per heavy atom. The number of hydrogen-bond donors (Lipinski definition) is 1. The van der Waals surface area contributed by atoms with Gasteiger partial charge in [0.05, 0.1) is 30.3 Å². The maximum absolute atomic E-state index is 12.9. The first-order chi connectivity index (χ1) is 16.5. The number of nitrogens with zero attached hydrogens (tertiary/aromatic N) is 5. The zero-order valence-corrected chi connectivity index (χ0v) is 19.2. The SMILES string of the molecule is O=C(NS(=O)(=O)c1ccccc1)N1CCc2nc(-c3ccncc3)nc(N3CCOCC3)c2C1. The Balaban J connectivity index is 1.44. The molecule has 5 rings (SSSR count). The van der Waals surface area contributed by atoms with Crippen LogP contribution in [0.3, 0.4) is 0 Å². The van der Waals surface area contributed by atoms with E-state index in [4.69, 9.17) is 14.7 Å². The van der Waals surface area contributed by atoms with Gasteiger partial charge in [0.2, 0.25) is 0 Å². The fraction of sp³-hybridized carbons (Fsp3) is 0.304. The van der Waals surface area contributed by atoms with E-state index < -0.39 is 16.1 Å². The molecular formula is C23H24N6O4S. The van der Waals surface area contributed by atoms with E-state index in [-0.39, 0.29) is 11.4 Å². The standard InChI is InChI=1S/C23H24N6O4S/c30-23(27-34(31,32)18-4-2-1-3-5-18)29-11-8-20-19(16-29)22(28-12-14-33-15-13-28)26-21(25-20)17-6-9-24-10-7-17/h1-7,9-10H,8,11-16H2,(H,27,30). The Morgan fingerprint density at radius 3 is 2.44 bits per heavy atom. The second kappa shape index (κ2) is 9.35. The van der Waals surface area contributed by atoms with Gasteiger partial charge in [-0.2, -0.15) is 0 Å². The quantitative estimate of drug-likeness (QED) is 0.601. The van der Waals surface area contributed by atoms with Crippen LogP contribution in [0.4, 0.5) is 10.6 Å². The number of carbonyl (C=O) groups excluding carboxylic acids is 1. The monoisotopic (exact) mass is 480 g/mol. The first-order valence-corrected chi connectivity index (χ1v) is 12.5. The second-order valence-electron chi connectivity index (χ2n) is 8.03. The molecule has 1 fully saturated rings. The van der Waals surface area contributed by atoms with Crippen molar-refractivity contribution in [1.29, 1.82) is 0 Å². The number of benzene rings is 1. The molecule has 0 spiro atoms. The number of anilines is 1. The van der Waals surface area contributed by atoms with Crippen LogP contribution in [0.15, 0.2) is 59.8 Å².